The monoisotopic (exact) mass is 1150 g/mol. The first-order valence-electron chi connectivity index (χ1n) is 28.2. The topological polar surface area (TPSA) is 212 Å². The maximum Gasteiger partial charge on any atom is 0.420 e. The van der Waals surface area contributed by atoms with Crippen molar-refractivity contribution in [1.82, 2.24) is 9.80 Å². The van der Waals surface area contributed by atoms with E-state index in [2.05, 4.69) is 24.3 Å². The third-order valence-corrected chi connectivity index (χ3v) is 13.3. The number of aliphatic hydroxyl groups is 1. The van der Waals surface area contributed by atoms with E-state index in [9.17, 15) is 33.9 Å². The molecule has 0 aromatic heterocycles. The fourth-order valence-corrected chi connectivity index (χ4v) is 9.51. The zero-order valence-electron chi connectivity index (χ0n) is 50.7. The number of rotatable bonds is 8. The molecule has 18 nitrogen and oxygen atoms in total. The van der Waals surface area contributed by atoms with Gasteiger partial charge in [0.1, 0.15) is 46.5 Å². The Morgan fingerprint density at radius 3 is 1.27 bits per heavy atom. The van der Waals surface area contributed by atoms with E-state index in [1.54, 1.807) is 96.9 Å². The summed E-state index contributed by atoms with van der Waals surface area (Å²) in [5.41, 5.74) is -0.554. The zero-order valence-corrected chi connectivity index (χ0v) is 50.7. The van der Waals surface area contributed by atoms with Gasteiger partial charge in [0.15, 0.2) is 12.1 Å². The van der Waals surface area contributed by atoms with Gasteiger partial charge in [-0.25, -0.2) is 28.8 Å². The highest BCUT2D eigenvalue weighted by molar-refractivity contribution is 5.95. The van der Waals surface area contributed by atoms with Gasteiger partial charge < -0.3 is 47.7 Å². The summed E-state index contributed by atoms with van der Waals surface area (Å²) in [7, 11) is 0. The maximum atomic E-state index is 13.8. The number of amides is 4. The van der Waals surface area contributed by atoms with Gasteiger partial charge in [0.2, 0.25) is 0 Å². The van der Waals surface area contributed by atoms with Crippen molar-refractivity contribution in [3.05, 3.63) is 126 Å². The van der Waals surface area contributed by atoms with Crippen molar-refractivity contribution in [2.24, 2.45) is 11.8 Å². The quantitative estimate of drug-likeness (QED) is 0.113. The van der Waals surface area contributed by atoms with Crippen molar-refractivity contribution in [2.75, 3.05) is 26.4 Å². The summed E-state index contributed by atoms with van der Waals surface area (Å²) in [4.78, 5) is 81.2. The third-order valence-electron chi connectivity index (χ3n) is 13.3. The first-order valence-corrected chi connectivity index (χ1v) is 28.2. The molecule has 2 fully saturated rings. The highest BCUT2D eigenvalue weighted by Gasteiger charge is 2.46. The van der Waals surface area contributed by atoms with Crippen LogP contribution < -0.4 is 4.74 Å². The maximum absolute atomic E-state index is 13.8. The van der Waals surface area contributed by atoms with Crippen molar-refractivity contribution >= 4 is 57.9 Å². The molecule has 0 spiro atoms. The second kappa shape index (κ2) is 27.4. The number of esters is 2. The number of imide groups is 2. The summed E-state index contributed by atoms with van der Waals surface area (Å²) >= 11 is 0. The highest BCUT2D eigenvalue weighted by atomic mass is 16.6. The molecule has 2 aliphatic heterocycles. The van der Waals surface area contributed by atoms with Crippen molar-refractivity contribution < 1.29 is 76.5 Å². The number of hydrogen-bond acceptors (Lipinski definition) is 16. The van der Waals surface area contributed by atoms with E-state index in [0.29, 0.717) is 28.4 Å². The molecule has 2 heterocycles. The van der Waals surface area contributed by atoms with Crippen LogP contribution in [0.2, 0.25) is 0 Å². The number of ether oxygens (including phenoxy) is 9. The lowest BCUT2D eigenvalue weighted by Gasteiger charge is -2.33. The van der Waals surface area contributed by atoms with Crippen molar-refractivity contribution in [3.63, 3.8) is 0 Å². The Kier molecular flexibility index (Phi) is 21.4. The fourth-order valence-electron chi connectivity index (χ4n) is 9.51. The summed E-state index contributed by atoms with van der Waals surface area (Å²) in [5, 5.41) is 15.5. The molecular weight excluding hydrogens is 1060 g/mol. The number of carbonyl (C=O) groups excluding carboxylic acids is 6. The Morgan fingerprint density at radius 1 is 0.494 bits per heavy atom. The van der Waals surface area contributed by atoms with Crippen LogP contribution in [0.1, 0.15) is 114 Å². The minimum Gasteiger partial charge on any atom is -0.486 e. The highest BCUT2D eigenvalue weighted by Crippen LogP contribution is 2.31. The number of hydrogen-bond donors (Lipinski definition) is 1. The van der Waals surface area contributed by atoms with Crippen LogP contribution in [0.25, 0.3) is 21.5 Å². The van der Waals surface area contributed by atoms with Crippen LogP contribution >= 0.6 is 0 Å². The van der Waals surface area contributed by atoms with Crippen molar-refractivity contribution in [1.29, 1.82) is 0 Å². The SMILES string of the molecule is C[C@@H]1OC(=O)[C@@H](N(C(=O)OC(C)(C)C)C(=O)OC(C)(C)C)COC[C@H](Cc2cccc3ccccc23)[C@H]1O.Cc1ccc(O[C@@H]2[C@@H](Cc3cccc4ccccc34)COC[C@H](N(C(=O)OC(C)(C)C)C(=O)OC(C)(C)C)C(=O)O[C@H]2C)cc1. The largest absolute Gasteiger partial charge is 0.486 e. The van der Waals surface area contributed by atoms with Gasteiger partial charge in [-0.15, -0.1) is 0 Å². The van der Waals surface area contributed by atoms with Crippen LogP contribution in [0, 0.1) is 18.8 Å². The standard InChI is InChI=1S/C36H45NO8.C29H39NO8/c1-23-16-18-28(19-17-23)43-31-24(2)42-32(38)30(37(33(39)44-35(3,4)5)34(40)45-36(6,7)8)22-41-21-27(31)20-26-14-11-13-25-12-9-10-15-29(25)26;1-18-24(31)21(15-20-13-10-12-19-11-8-9-14-22(19)20)16-35-17-23(25(32)36-18)30(26(33)37-28(2,3)4)27(34)38-29(5,6)7/h9-19,24,27,30-31H,20-22H2,1-8H3;8-14,18,21,23-24,31H,15-17H2,1-7H3/t24-,27-,30-,31-;18-,21-,23-,24-/m00/s1. The molecule has 83 heavy (non-hydrogen) atoms. The average Bonchev–Trinajstić information content (AvgIpc) is 3.84. The van der Waals surface area contributed by atoms with Crippen LogP contribution in [0.3, 0.4) is 0 Å². The lowest BCUT2D eigenvalue weighted by atomic mass is 9.89. The minimum atomic E-state index is -1.47. The predicted molar refractivity (Wildman–Crippen MR) is 313 cm³/mol. The minimum absolute atomic E-state index is 0.0678. The van der Waals surface area contributed by atoms with E-state index in [0.717, 1.165) is 38.2 Å². The van der Waals surface area contributed by atoms with E-state index in [-0.39, 0.29) is 32.3 Å². The molecule has 2 aliphatic rings. The molecule has 8 atom stereocenters. The molecular formula is C65H84N2O16. The van der Waals surface area contributed by atoms with Crippen molar-refractivity contribution in [3.8, 4) is 5.75 Å². The van der Waals surface area contributed by atoms with Crippen LogP contribution in [0.5, 0.6) is 5.75 Å². The Bertz CT molecular complexity index is 2970. The summed E-state index contributed by atoms with van der Waals surface area (Å²) in [6.07, 6.45) is -6.52. The number of aliphatic hydroxyl groups excluding tert-OH is 1. The number of nitrogens with zero attached hydrogens (tertiary/aromatic N) is 2. The Morgan fingerprint density at radius 2 is 0.855 bits per heavy atom. The van der Waals surface area contributed by atoms with Gasteiger partial charge in [-0.2, -0.15) is 9.80 Å². The smallest absolute Gasteiger partial charge is 0.420 e. The van der Waals surface area contributed by atoms with Crippen LogP contribution in [-0.4, -0.2) is 137 Å². The van der Waals surface area contributed by atoms with E-state index < -0.39 is 101 Å². The van der Waals surface area contributed by atoms with E-state index in [1.807, 2.05) is 91.9 Å². The summed E-state index contributed by atoms with van der Waals surface area (Å²) in [6.45, 7) is 24.8. The van der Waals surface area contributed by atoms with Gasteiger partial charge in [-0.3, -0.25) is 0 Å². The first-order chi connectivity index (χ1) is 38.8. The molecule has 0 aliphatic carbocycles. The van der Waals surface area contributed by atoms with E-state index >= 15 is 0 Å². The molecule has 0 radical (unpaired) electrons. The molecule has 1 N–H and O–H groups in total. The molecule has 5 aromatic carbocycles. The zero-order chi connectivity index (χ0) is 61.2. The van der Waals surface area contributed by atoms with Crippen LogP contribution in [0.4, 0.5) is 19.2 Å². The number of cyclic esters (lactones) is 2. The second-order valence-corrected chi connectivity index (χ2v) is 25.1. The Labute approximate surface area is 487 Å². The van der Waals surface area contributed by atoms with Gasteiger partial charge in [0.05, 0.1) is 32.5 Å². The molecule has 5 aromatic rings. The fraction of sp³-hybridized carbons (Fsp3) is 0.508. The second-order valence-electron chi connectivity index (χ2n) is 25.1. The molecule has 2 saturated heterocycles. The molecule has 18 heteroatoms. The predicted octanol–water partition coefficient (Wildman–Crippen LogP) is 12.1. The molecule has 4 amide bonds. The van der Waals surface area contributed by atoms with E-state index in [4.69, 9.17) is 42.6 Å². The number of benzene rings is 5. The summed E-state index contributed by atoms with van der Waals surface area (Å²) in [5.74, 6) is -1.80. The van der Waals surface area contributed by atoms with Gasteiger partial charge in [-0.05, 0) is 162 Å². The normalized spacial score (nSPS) is 22.0. The van der Waals surface area contributed by atoms with Gasteiger partial charge in [-0.1, -0.05) is 103 Å². The lowest BCUT2D eigenvalue weighted by Crippen LogP contribution is -2.54. The number of carbonyl (C=O) groups is 6. The van der Waals surface area contributed by atoms with E-state index in [1.165, 1.54) is 0 Å². The van der Waals surface area contributed by atoms with Crippen molar-refractivity contribution in [2.45, 2.75) is 176 Å². The lowest BCUT2D eigenvalue weighted by molar-refractivity contribution is -0.161. The summed E-state index contributed by atoms with van der Waals surface area (Å²) < 4.78 is 52.0. The van der Waals surface area contributed by atoms with Gasteiger partial charge in [0, 0.05) is 11.8 Å². The average molecular weight is 1150 g/mol. The Hall–Kier alpha value is -7.28. The molecule has 0 bridgehead atoms. The van der Waals surface area contributed by atoms with Crippen LogP contribution in [-0.2, 0) is 60.3 Å². The number of fused-ring (bicyclic) bond motifs is 2. The molecule has 7 rings (SSSR count). The molecule has 450 valence electrons. The summed E-state index contributed by atoms with van der Waals surface area (Å²) in [6, 6.07) is 33.0. The van der Waals surface area contributed by atoms with Crippen LogP contribution in [0.15, 0.2) is 109 Å². The van der Waals surface area contributed by atoms with Gasteiger partial charge in [0.25, 0.3) is 0 Å². The molecule has 0 unspecified atom stereocenters. The van der Waals surface area contributed by atoms with Gasteiger partial charge >= 0.3 is 36.3 Å². The molecule has 0 saturated carbocycles. The number of aryl methyl sites for hydroxylation is 1. The third kappa shape index (κ3) is 18.9. The Balaban J connectivity index is 0.000000271. The first kappa shape index (κ1) is 64.9.